The SMILES string of the molecule is C[C@@]1(c2ccc(OCCCN3CCCCC3)cc2)CC[C@@H]2CCCCN21. The van der Waals surface area contributed by atoms with Crippen molar-refractivity contribution >= 4 is 0 Å². The summed E-state index contributed by atoms with van der Waals surface area (Å²) in [4.78, 5) is 5.37. The number of hydrogen-bond acceptors (Lipinski definition) is 3. The average molecular weight is 357 g/mol. The van der Waals surface area contributed by atoms with E-state index in [1.165, 1.54) is 83.1 Å². The predicted octanol–water partition coefficient (Wildman–Crippen LogP) is 4.80. The Morgan fingerprint density at radius 2 is 1.73 bits per heavy atom. The van der Waals surface area contributed by atoms with Gasteiger partial charge in [-0.15, -0.1) is 0 Å². The van der Waals surface area contributed by atoms with Gasteiger partial charge in [0.1, 0.15) is 5.75 Å². The Balaban J connectivity index is 1.28. The van der Waals surface area contributed by atoms with Crippen molar-refractivity contribution in [1.82, 2.24) is 9.80 Å². The molecule has 0 bridgehead atoms. The molecule has 0 aliphatic carbocycles. The number of piperidine rings is 2. The van der Waals surface area contributed by atoms with Gasteiger partial charge in [-0.3, -0.25) is 4.90 Å². The fourth-order valence-electron chi connectivity index (χ4n) is 5.42. The minimum atomic E-state index is 0.234. The Labute approximate surface area is 159 Å². The molecule has 0 unspecified atom stereocenters. The number of ether oxygens (including phenoxy) is 1. The lowest BCUT2D eigenvalue weighted by atomic mass is 9.89. The molecule has 3 heterocycles. The summed E-state index contributed by atoms with van der Waals surface area (Å²) in [7, 11) is 0. The Kier molecular flexibility index (Phi) is 5.85. The van der Waals surface area contributed by atoms with Gasteiger partial charge in [0, 0.05) is 18.1 Å². The number of hydrogen-bond donors (Lipinski definition) is 0. The normalized spacial score (nSPS) is 30.3. The molecule has 0 saturated carbocycles. The van der Waals surface area contributed by atoms with Crippen molar-refractivity contribution in [2.24, 2.45) is 0 Å². The third kappa shape index (κ3) is 3.94. The van der Waals surface area contributed by atoms with Gasteiger partial charge in [-0.2, -0.15) is 0 Å². The highest BCUT2D eigenvalue weighted by Crippen LogP contribution is 2.45. The van der Waals surface area contributed by atoms with E-state index in [0.717, 1.165) is 24.8 Å². The summed E-state index contributed by atoms with van der Waals surface area (Å²) in [5.74, 6) is 1.03. The summed E-state index contributed by atoms with van der Waals surface area (Å²) in [5, 5.41) is 0. The van der Waals surface area contributed by atoms with Gasteiger partial charge >= 0.3 is 0 Å². The van der Waals surface area contributed by atoms with E-state index in [-0.39, 0.29) is 5.54 Å². The lowest BCUT2D eigenvalue weighted by molar-refractivity contribution is 0.0829. The van der Waals surface area contributed by atoms with Crippen molar-refractivity contribution in [3.8, 4) is 5.75 Å². The molecule has 4 rings (SSSR count). The van der Waals surface area contributed by atoms with Gasteiger partial charge in [0.25, 0.3) is 0 Å². The number of rotatable bonds is 6. The van der Waals surface area contributed by atoms with Gasteiger partial charge < -0.3 is 9.64 Å². The highest BCUT2D eigenvalue weighted by Gasteiger charge is 2.44. The molecule has 26 heavy (non-hydrogen) atoms. The average Bonchev–Trinajstić information content (AvgIpc) is 3.05. The van der Waals surface area contributed by atoms with Crippen LogP contribution in [0.2, 0.25) is 0 Å². The summed E-state index contributed by atoms with van der Waals surface area (Å²) in [6.07, 6.45) is 12.1. The maximum Gasteiger partial charge on any atom is 0.119 e. The molecule has 0 spiro atoms. The van der Waals surface area contributed by atoms with Gasteiger partial charge in [-0.1, -0.05) is 25.0 Å². The van der Waals surface area contributed by atoms with Crippen molar-refractivity contribution < 1.29 is 4.74 Å². The van der Waals surface area contributed by atoms with Crippen LogP contribution >= 0.6 is 0 Å². The molecular formula is C23H36N2O. The topological polar surface area (TPSA) is 15.7 Å². The fourth-order valence-corrected chi connectivity index (χ4v) is 5.42. The van der Waals surface area contributed by atoms with Crippen LogP contribution in [-0.4, -0.2) is 48.6 Å². The number of nitrogens with zero attached hydrogens (tertiary/aromatic N) is 2. The Morgan fingerprint density at radius 1 is 0.962 bits per heavy atom. The summed E-state index contributed by atoms with van der Waals surface area (Å²) < 4.78 is 6.01. The molecule has 3 nitrogen and oxygen atoms in total. The van der Waals surface area contributed by atoms with Crippen molar-refractivity contribution in [2.75, 3.05) is 32.8 Å². The van der Waals surface area contributed by atoms with E-state index in [1.807, 2.05) is 0 Å². The zero-order chi connectivity index (χ0) is 17.8. The smallest absolute Gasteiger partial charge is 0.119 e. The Morgan fingerprint density at radius 3 is 2.54 bits per heavy atom. The van der Waals surface area contributed by atoms with Crippen LogP contribution in [0.4, 0.5) is 0 Å². The van der Waals surface area contributed by atoms with Crippen LogP contribution < -0.4 is 4.74 Å². The fraction of sp³-hybridized carbons (Fsp3) is 0.739. The van der Waals surface area contributed by atoms with Crippen LogP contribution in [0.5, 0.6) is 5.75 Å². The van der Waals surface area contributed by atoms with Crippen LogP contribution in [0.3, 0.4) is 0 Å². The molecule has 3 heteroatoms. The second-order valence-electron chi connectivity index (χ2n) is 8.78. The van der Waals surface area contributed by atoms with Crippen LogP contribution in [0.15, 0.2) is 24.3 Å². The molecule has 0 radical (unpaired) electrons. The van der Waals surface area contributed by atoms with E-state index in [2.05, 4.69) is 41.0 Å². The second kappa shape index (κ2) is 8.31. The first-order valence-electron chi connectivity index (χ1n) is 11.0. The van der Waals surface area contributed by atoms with Gasteiger partial charge in [-0.05, 0) is 89.2 Å². The molecule has 0 amide bonds. The molecule has 3 aliphatic rings. The summed E-state index contributed by atoms with van der Waals surface area (Å²) in [6.45, 7) is 8.31. The molecule has 1 aromatic carbocycles. The Bertz CT molecular complexity index is 566. The number of benzene rings is 1. The molecule has 3 saturated heterocycles. The number of likely N-dealkylation sites (tertiary alicyclic amines) is 1. The molecule has 0 N–H and O–H groups in total. The monoisotopic (exact) mass is 356 g/mol. The first kappa shape index (κ1) is 18.3. The van der Waals surface area contributed by atoms with E-state index in [4.69, 9.17) is 4.74 Å². The van der Waals surface area contributed by atoms with E-state index in [1.54, 1.807) is 0 Å². The maximum absolute atomic E-state index is 6.01. The van der Waals surface area contributed by atoms with E-state index in [9.17, 15) is 0 Å². The first-order chi connectivity index (χ1) is 12.8. The third-order valence-electron chi connectivity index (χ3n) is 7.04. The summed E-state index contributed by atoms with van der Waals surface area (Å²) >= 11 is 0. The highest BCUT2D eigenvalue weighted by atomic mass is 16.5. The van der Waals surface area contributed by atoms with Gasteiger partial charge in [-0.25, -0.2) is 0 Å². The minimum absolute atomic E-state index is 0.234. The lowest BCUT2D eigenvalue weighted by Crippen LogP contribution is -2.45. The molecule has 3 fully saturated rings. The molecular weight excluding hydrogens is 320 g/mol. The zero-order valence-electron chi connectivity index (χ0n) is 16.6. The predicted molar refractivity (Wildman–Crippen MR) is 108 cm³/mol. The van der Waals surface area contributed by atoms with Crippen LogP contribution in [0.1, 0.15) is 70.3 Å². The Hall–Kier alpha value is -1.06. The van der Waals surface area contributed by atoms with Crippen molar-refractivity contribution in [3.05, 3.63) is 29.8 Å². The summed E-state index contributed by atoms with van der Waals surface area (Å²) in [5.41, 5.74) is 1.71. The molecule has 144 valence electrons. The largest absolute Gasteiger partial charge is 0.494 e. The maximum atomic E-state index is 6.01. The van der Waals surface area contributed by atoms with E-state index < -0.39 is 0 Å². The highest BCUT2D eigenvalue weighted by molar-refractivity contribution is 5.33. The van der Waals surface area contributed by atoms with E-state index in [0.29, 0.717) is 0 Å². The van der Waals surface area contributed by atoms with Gasteiger partial charge in [0.05, 0.1) is 6.61 Å². The number of fused-ring (bicyclic) bond motifs is 1. The van der Waals surface area contributed by atoms with Crippen LogP contribution in [-0.2, 0) is 5.54 Å². The molecule has 3 aliphatic heterocycles. The van der Waals surface area contributed by atoms with Crippen LogP contribution in [0.25, 0.3) is 0 Å². The first-order valence-corrected chi connectivity index (χ1v) is 11.0. The third-order valence-corrected chi connectivity index (χ3v) is 7.04. The molecule has 1 aromatic rings. The summed E-state index contributed by atoms with van der Waals surface area (Å²) in [6, 6.07) is 9.84. The van der Waals surface area contributed by atoms with E-state index >= 15 is 0 Å². The zero-order valence-corrected chi connectivity index (χ0v) is 16.6. The van der Waals surface area contributed by atoms with Crippen molar-refractivity contribution in [1.29, 1.82) is 0 Å². The van der Waals surface area contributed by atoms with Crippen LogP contribution in [0, 0.1) is 0 Å². The van der Waals surface area contributed by atoms with Crippen molar-refractivity contribution in [2.45, 2.75) is 76.3 Å². The van der Waals surface area contributed by atoms with Gasteiger partial charge in [0.2, 0.25) is 0 Å². The van der Waals surface area contributed by atoms with Gasteiger partial charge in [0.15, 0.2) is 0 Å². The van der Waals surface area contributed by atoms with Crippen molar-refractivity contribution in [3.63, 3.8) is 0 Å². The molecule has 0 aromatic heterocycles. The molecule has 2 atom stereocenters. The second-order valence-corrected chi connectivity index (χ2v) is 8.78. The quantitative estimate of drug-likeness (QED) is 0.681. The standard InChI is InChI=1S/C23H36N2O/c1-23(14-13-21-8-3-6-18-25(21)23)20-9-11-22(12-10-20)26-19-7-17-24-15-4-2-5-16-24/h9-12,21H,2-8,13-19H2,1H3/t21-,23-/m0/s1. The minimum Gasteiger partial charge on any atom is -0.494 e. The lowest BCUT2D eigenvalue weighted by Gasteiger charge is -2.41.